The number of nitrogens with zero attached hydrogens (tertiary/aromatic N) is 2. The first-order valence-electron chi connectivity index (χ1n) is 11.9. The predicted molar refractivity (Wildman–Crippen MR) is 145 cm³/mol. The summed E-state index contributed by atoms with van der Waals surface area (Å²) >= 11 is 6.70. The molecule has 0 aliphatic carbocycles. The highest BCUT2D eigenvalue weighted by molar-refractivity contribution is 6.35. The van der Waals surface area contributed by atoms with Crippen molar-refractivity contribution in [1.82, 2.24) is 21.4 Å². The van der Waals surface area contributed by atoms with Gasteiger partial charge in [-0.1, -0.05) is 67.1 Å². The zero-order valence-corrected chi connectivity index (χ0v) is 20.8. The number of nitrogens with one attached hydrogen (secondary N) is 5. The Balaban J connectivity index is 1.59. The molecule has 3 aromatic carbocycles. The fourth-order valence-electron chi connectivity index (χ4n) is 4.48. The maximum Gasteiger partial charge on any atom is 0.128 e. The number of anilines is 2. The summed E-state index contributed by atoms with van der Waals surface area (Å²) < 4.78 is 14.8. The van der Waals surface area contributed by atoms with Crippen molar-refractivity contribution in [3.63, 3.8) is 0 Å². The van der Waals surface area contributed by atoms with Crippen LogP contribution in [0.25, 0.3) is 10.9 Å². The van der Waals surface area contributed by atoms with Gasteiger partial charge < -0.3 is 21.5 Å². The standard InChI is InChI=1S/C28H25ClFN7/c1-2-24(17-8-4-3-5-9-17)35-26-18(14-31)15-32-27-21(26)12-19(13-22(27)29)34-28(25-16-33-37-36-25)20-10-6-7-11-23(20)30/h3-13,15-16,24,28,33-34,36-37H,2H2,1H3,(H,32,35)/t24-,28+/m1/s1. The number of rotatable bonds is 8. The molecule has 0 radical (unpaired) electrons. The van der Waals surface area contributed by atoms with E-state index in [1.165, 1.54) is 12.3 Å². The van der Waals surface area contributed by atoms with E-state index in [0.29, 0.717) is 44.1 Å². The first kappa shape index (κ1) is 24.4. The number of aromatic nitrogens is 1. The average Bonchev–Trinajstić information content (AvgIpc) is 3.46. The van der Waals surface area contributed by atoms with Gasteiger partial charge in [0.05, 0.1) is 39.6 Å². The number of hydrogen-bond donors (Lipinski definition) is 5. The Labute approximate surface area is 219 Å². The van der Waals surface area contributed by atoms with E-state index in [1.54, 1.807) is 30.5 Å². The lowest BCUT2D eigenvalue weighted by molar-refractivity contribution is 0.567. The topological polar surface area (TPSA) is 96.8 Å². The van der Waals surface area contributed by atoms with Gasteiger partial charge in [0.2, 0.25) is 0 Å². The van der Waals surface area contributed by atoms with E-state index in [1.807, 2.05) is 24.3 Å². The smallest absolute Gasteiger partial charge is 0.128 e. The number of nitriles is 1. The summed E-state index contributed by atoms with van der Waals surface area (Å²) in [6.45, 7) is 2.09. The zero-order valence-electron chi connectivity index (χ0n) is 20.0. The molecule has 0 saturated carbocycles. The van der Waals surface area contributed by atoms with Crippen LogP contribution in [-0.2, 0) is 0 Å². The average molecular weight is 514 g/mol. The van der Waals surface area contributed by atoms with Crippen molar-refractivity contribution in [1.29, 1.82) is 5.26 Å². The molecule has 0 bridgehead atoms. The van der Waals surface area contributed by atoms with E-state index >= 15 is 0 Å². The fourth-order valence-corrected chi connectivity index (χ4v) is 4.74. The highest BCUT2D eigenvalue weighted by Gasteiger charge is 2.23. The second kappa shape index (κ2) is 10.7. The lowest BCUT2D eigenvalue weighted by atomic mass is 10.0. The highest BCUT2D eigenvalue weighted by atomic mass is 35.5. The van der Waals surface area contributed by atoms with Crippen molar-refractivity contribution < 1.29 is 4.39 Å². The van der Waals surface area contributed by atoms with Gasteiger partial charge in [0.15, 0.2) is 0 Å². The molecule has 186 valence electrons. The second-order valence-electron chi connectivity index (χ2n) is 8.62. The van der Waals surface area contributed by atoms with Gasteiger partial charge in [-0.3, -0.25) is 4.98 Å². The molecule has 7 nitrogen and oxygen atoms in total. The van der Waals surface area contributed by atoms with E-state index in [9.17, 15) is 9.65 Å². The zero-order chi connectivity index (χ0) is 25.8. The largest absolute Gasteiger partial charge is 0.377 e. The summed E-state index contributed by atoms with van der Waals surface area (Å²) in [6, 6.07) is 22.0. The number of benzene rings is 3. The van der Waals surface area contributed by atoms with Gasteiger partial charge in [-0.15, -0.1) is 0 Å². The number of hydrazine groups is 2. The Hall–Kier alpha value is -4.32. The van der Waals surface area contributed by atoms with E-state index in [4.69, 9.17) is 11.6 Å². The maximum atomic E-state index is 14.8. The normalized spacial score (nSPS) is 14.2. The molecule has 2 heterocycles. The van der Waals surface area contributed by atoms with Crippen LogP contribution in [0.3, 0.4) is 0 Å². The van der Waals surface area contributed by atoms with E-state index in [-0.39, 0.29) is 11.9 Å². The molecule has 1 aliphatic heterocycles. The molecule has 5 rings (SSSR count). The lowest BCUT2D eigenvalue weighted by Crippen LogP contribution is -2.34. The van der Waals surface area contributed by atoms with Gasteiger partial charge in [-0.05, 0) is 30.2 Å². The molecule has 0 spiro atoms. The summed E-state index contributed by atoms with van der Waals surface area (Å²) in [5, 5.41) is 18.0. The van der Waals surface area contributed by atoms with E-state index in [0.717, 1.165) is 12.0 Å². The molecule has 0 amide bonds. The van der Waals surface area contributed by atoms with Gasteiger partial charge >= 0.3 is 0 Å². The fraction of sp³-hybridized carbons (Fsp3) is 0.143. The van der Waals surface area contributed by atoms with Crippen LogP contribution in [-0.4, -0.2) is 4.98 Å². The quantitative estimate of drug-likeness (QED) is 0.195. The van der Waals surface area contributed by atoms with Gasteiger partial charge in [0.1, 0.15) is 11.9 Å². The Morgan fingerprint density at radius 2 is 1.86 bits per heavy atom. The van der Waals surface area contributed by atoms with Crippen molar-refractivity contribution in [3.8, 4) is 6.07 Å². The molecular formula is C28H25ClFN7. The van der Waals surface area contributed by atoms with Crippen LogP contribution in [0, 0.1) is 17.1 Å². The maximum absolute atomic E-state index is 14.8. The molecule has 1 aromatic heterocycles. The summed E-state index contributed by atoms with van der Waals surface area (Å²) in [5.74, 6) is -0.342. The molecule has 37 heavy (non-hydrogen) atoms. The van der Waals surface area contributed by atoms with Crippen molar-refractivity contribution in [2.75, 3.05) is 10.6 Å². The van der Waals surface area contributed by atoms with Crippen LogP contribution in [0.4, 0.5) is 15.8 Å². The third-order valence-corrected chi connectivity index (χ3v) is 6.61. The predicted octanol–water partition coefficient (Wildman–Crippen LogP) is 6.07. The molecule has 0 saturated heterocycles. The second-order valence-corrected chi connectivity index (χ2v) is 9.03. The lowest BCUT2D eigenvalue weighted by Gasteiger charge is -2.24. The first-order valence-corrected chi connectivity index (χ1v) is 12.3. The van der Waals surface area contributed by atoms with Crippen LogP contribution in [0.1, 0.15) is 42.1 Å². The Bertz CT molecular complexity index is 1500. The molecule has 2 atom stereocenters. The Morgan fingerprint density at radius 3 is 2.57 bits per heavy atom. The minimum absolute atomic E-state index is 0.0227. The minimum Gasteiger partial charge on any atom is -0.377 e. The number of halogens is 2. The molecule has 0 fully saturated rings. The van der Waals surface area contributed by atoms with Gasteiger partial charge in [0, 0.05) is 29.0 Å². The molecule has 0 unspecified atom stereocenters. The minimum atomic E-state index is -0.548. The molecule has 4 aromatic rings. The van der Waals surface area contributed by atoms with Gasteiger partial charge in [-0.2, -0.15) is 10.8 Å². The van der Waals surface area contributed by atoms with Gasteiger partial charge in [-0.25, -0.2) is 4.39 Å². The van der Waals surface area contributed by atoms with Crippen LogP contribution in [0.15, 0.2) is 84.8 Å². The molecule has 9 heteroatoms. The third kappa shape index (κ3) is 5.00. The number of fused-ring (bicyclic) bond motifs is 1. The van der Waals surface area contributed by atoms with Crippen molar-refractivity contribution in [3.05, 3.63) is 112 Å². The third-order valence-electron chi connectivity index (χ3n) is 6.32. The molecular weight excluding hydrogens is 489 g/mol. The Kier molecular flexibility index (Phi) is 7.08. The molecule has 5 N–H and O–H groups in total. The van der Waals surface area contributed by atoms with Gasteiger partial charge in [0.25, 0.3) is 0 Å². The summed E-state index contributed by atoms with van der Waals surface area (Å²) in [4.78, 5) is 4.46. The van der Waals surface area contributed by atoms with Crippen molar-refractivity contribution in [2.24, 2.45) is 0 Å². The number of pyridine rings is 1. The van der Waals surface area contributed by atoms with Crippen LogP contribution >= 0.6 is 11.6 Å². The molecule has 1 aliphatic rings. The van der Waals surface area contributed by atoms with Crippen molar-refractivity contribution >= 4 is 33.9 Å². The first-order chi connectivity index (χ1) is 18.1. The SMILES string of the molecule is CC[C@@H](Nc1c(C#N)cnc2c(Cl)cc(N[C@H](C3=CNNN3)c3ccccc3F)cc12)c1ccccc1. The highest BCUT2D eigenvalue weighted by Crippen LogP contribution is 2.37. The summed E-state index contributed by atoms with van der Waals surface area (Å²) in [7, 11) is 0. The summed E-state index contributed by atoms with van der Waals surface area (Å²) in [6.07, 6.45) is 4.06. The van der Waals surface area contributed by atoms with Crippen LogP contribution < -0.4 is 27.0 Å². The van der Waals surface area contributed by atoms with E-state index in [2.05, 4.69) is 57.1 Å². The Morgan fingerprint density at radius 1 is 1.08 bits per heavy atom. The van der Waals surface area contributed by atoms with E-state index < -0.39 is 6.04 Å². The van der Waals surface area contributed by atoms with Crippen molar-refractivity contribution in [2.45, 2.75) is 25.4 Å². The summed E-state index contributed by atoms with van der Waals surface area (Å²) in [5.41, 5.74) is 13.2. The number of hydrogen-bond acceptors (Lipinski definition) is 7. The van der Waals surface area contributed by atoms with Crippen LogP contribution in [0.5, 0.6) is 0 Å². The monoisotopic (exact) mass is 513 g/mol. The van der Waals surface area contributed by atoms with Crippen LogP contribution in [0.2, 0.25) is 5.02 Å².